The molecule has 4 saturated carbocycles. The van der Waals surface area contributed by atoms with Crippen molar-refractivity contribution >= 4 is 16.7 Å². The van der Waals surface area contributed by atoms with Crippen LogP contribution in [-0.2, 0) is 4.74 Å². The van der Waals surface area contributed by atoms with E-state index in [9.17, 15) is 9.90 Å². The highest BCUT2D eigenvalue weighted by Gasteiger charge is 2.54. The van der Waals surface area contributed by atoms with Crippen molar-refractivity contribution in [1.29, 1.82) is 0 Å². The number of unbranched alkanes of at least 4 members (excludes halogenated alkanes) is 2. The van der Waals surface area contributed by atoms with Gasteiger partial charge in [0.05, 0.1) is 25.4 Å². The lowest BCUT2D eigenvalue weighted by Gasteiger charge is -2.59. The van der Waals surface area contributed by atoms with Gasteiger partial charge >= 0.3 is 5.97 Å². The van der Waals surface area contributed by atoms with Crippen LogP contribution in [0.25, 0.3) is 21.9 Å². The smallest absolute Gasteiger partial charge is 0.337 e. The van der Waals surface area contributed by atoms with Crippen molar-refractivity contribution in [2.45, 2.75) is 77.2 Å². The van der Waals surface area contributed by atoms with Crippen LogP contribution in [0.3, 0.4) is 0 Å². The van der Waals surface area contributed by atoms with Crippen molar-refractivity contribution in [3.63, 3.8) is 0 Å². The zero-order valence-electron chi connectivity index (χ0n) is 24.1. The lowest BCUT2D eigenvalue weighted by atomic mass is 9.46. The molecule has 3 aromatic rings. The molecule has 4 bridgehead atoms. The van der Waals surface area contributed by atoms with Crippen molar-refractivity contribution in [2.75, 3.05) is 13.7 Å². The molecule has 4 heteroatoms. The van der Waals surface area contributed by atoms with Gasteiger partial charge in [0, 0.05) is 10.9 Å². The number of esters is 1. The molecule has 4 aliphatic carbocycles. The van der Waals surface area contributed by atoms with Crippen molar-refractivity contribution in [2.24, 2.45) is 29.1 Å². The molecular formula is C36H44O4. The summed E-state index contributed by atoms with van der Waals surface area (Å²) >= 11 is 0. The normalized spacial score (nSPS) is 26.5. The molecule has 0 spiro atoms. The molecule has 2 atom stereocenters. The van der Waals surface area contributed by atoms with E-state index in [0.717, 1.165) is 71.1 Å². The van der Waals surface area contributed by atoms with Crippen LogP contribution in [0, 0.1) is 29.1 Å². The van der Waals surface area contributed by atoms with Crippen LogP contribution < -0.4 is 4.74 Å². The molecule has 2 unspecified atom stereocenters. The lowest BCUT2D eigenvalue weighted by Crippen LogP contribution is -2.51. The quantitative estimate of drug-likeness (QED) is 0.196. The summed E-state index contributed by atoms with van der Waals surface area (Å²) in [5.41, 5.74) is 2.98. The molecule has 7 rings (SSSR count). The molecule has 0 heterocycles. The minimum absolute atomic E-state index is 0.185. The number of ether oxygens (including phenoxy) is 2. The maximum Gasteiger partial charge on any atom is 0.337 e. The maximum atomic E-state index is 11.9. The Morgan fingerprint density at radius 3 is 2.25 bits per heavy atom. The number of aliphatic hydroxyl groups excluding tert-OH is 1. The topological polar surface area (TPSA) is 55.8 Å². The molecule has 4 fully saturated rings. The summed E-state index contributed by atoms with van der Waals surface area (Å²) in [6, 6.07) is 20.1. The third-order valence-electron chi connectivity index (χ3n) is 10.5. The monoisotopic (exact) mass is 540 g/mol. The minimum atomic E-state index is -0.334. The predicted molar refractivity (Wildman–Crippen MR) is 160 cm³/mol. The van der Waals surface area contributed by atoms with Gasteiger partial charge in [-0.3, -0.25) is 0 Å². The Labute approximate surface area is 239 Å². The molecule has 40 heavy (non-hydrogen) atoms. The SMILES string of the molecule is COC(=O)c1ccc(-c2ccc3ccccc3c2OCCCCCC(O)C(C)C23CC4CC(CC(C4)C2)C3)cc1. The summed E-state index contributed by atoms with van der Waals surface area (Å²) in [5, 5.41) is 13.4. The van der Waals surface area contributed by atoms with Gasteiger partial charge in [0.25, 0.3) is 0 Å². The van der Waals surface area contributed by atoms with E-state index in [-0.39, 0.29) is 12.1 Å². The summed E-state index contributed by atoms with van der Waals surface area (Å²) in [7, 11) is 1.40. The number of fused-ring (bicyclic) bond motifs is 1. The van der Waals surface area contributed by atoms with Gasteiger partial charge in [-0.1, -0.05) is 61.9 Å². The van der Waals surface area contributed by atoms with Crippen LogP contribution in [0.5, 0.6) is 5.75 Å². The zero-order chi connectivity index (χ0) is 27.7. The number of benzene rings is 3. The molecule has 0 saturated heterocycles. The molecule has 1 N–H and O–H groups in total. The fourth-order valence-corrected chi connectivity index (χ4v) is 8.73. The Hall–Kier alpha value is -2.85. The first-order valence-electron chi connectivity index (χ1n) is 15.5. The number of rotatable bonds is 11. The Kier molecular flexibility index (Phi) is 7.90. The Morgan fingerprint density at radius 2 is 1.57 bits per heavy atom. The summed E-state index contributed by atoms with van der Waals surface area (Å²) in [5.74, 6) is 3.77. The molecule has 0 aromatic heterocycles. The molecule has 0 amide bonds. The fourth-order valence-electron chi connectivity index (χ4n) is 8.73. The average molecular weight is 541 g/mol. The molecule has 0 aliphatic heterocycles. The highest BCUT2D eigenvalue weighted by atomic mass is 16.5. The zero-order valence-corrected chi connectivity index (χ0v) is 24.1. The Morgan fingerprint density at radius 1 is 0.900 bits per heavy atom. The molecule has 3 aromatic carbocycles. The van der Waals surface area contributed by atoms with E-state index in [1.165, 1.54) is 45.6 Å². The van der Waals surface area contributed by atoms with Gasteiger partial charge < -0.3 is 14.6 Å². The second kappa shape index (κ2) is 11.6. The second-order valence-electron chi connectivity index (χ2n) is 13.1. The highest BCUT2D eigenvalue weighted by Crippen LogP contribution is 2.63. The molecular weight excluding hydrogens is 496 g/mol. The van der Waals surface area contributed by atoms with Crippen LogP contribution in [0.2, 0.25) is 0 Å². The van der Waals surface area contributed by atoms with Crippen LogP contribution in [0.4, 0.5) is 0 Å². The summed E-state index contributed by atoms with van der Waals surface area (Å²) < 4.78 is 11.3. The Balaban J connectivity index is 1.05. The number of hydrogen-bond acceptors (Lipinski definition) is 4. The van der Waals surface area contributed by atoms with Crippen LogP contribution in [0.1, 0.15) is 81.5 Å². The van der Waals surface area contributed by atoms with Gasteiger partial charge in [-0.2, -0.15) is 0 Å². The van der Waals surface area contributed by atoms with Crippen molar-refractivity contribution in [3.05, 3.63) is 66.2 Å². The van der Waals surface area contributed by atoms with E-state index < -0.39 is 0 Å². The number of carbonyl (C=O) groups excluding carboxylic acids is 1. The molecule has 0 radical (unpaired) electrons. The second-order valence-corrected chi connectivity index (χ2v) is 13.1. The van der Waals surface area contributed by atoms with Gasteiger partial charge in [-0.05, 0) is 110 Å². The average Bonchev–Trinajstić information content (AvgIpc) is 2.97. The third-order valence-corrected chi connectivity index (χ3v) is 10.5. The van der Waals surface area contributed by atoms with E-state index in [1.807, 2.05) is 24.3 Å². The largest absolute Gasteiger partial charge is 0.492 e. The van der Waals surface area contributed by atoms with Gasteiger partial charge in [0.1, 0.15) is 5.75 Å². The van der Waals surface area contributed by atoms with Gasteiger partial charge in [0.2, 0.25) is 0 Å². The van der Waals surface area contributed by atoms with E-state index in [2.05, 4.69) is 31.2 Å². The first-order valence-corrected chi connectivity index (χ1v) is 15.5. The maximum absolute atomic E-state index is 11.9. The lowest BCUT2D eigenvalue weighted by molar-refractivity contribution is -0.112. The van der Waals surface area contributed by atoms with E-state index >= 15 is 0 Å². The highest BCUT2D eigenvalue weighted by molar-refractivity contribution is 5.96. The Bertz CT molecular complexity index is 1290. The standard InChI is InChI=1S/C36H44O4/c1-24(36-21-25-18-26(22-36)20-27(19-25)23-36)33(37)10-4-3-7-17-40-34-31-9-6-5-8-28(31)15-16-32(34)29-11-13-30(14-12-29)35(38)39-2/h5-6,8-9,11-16,24-27,33,37H,3-4,7,10,17-23H2,1-2H3. The van der Waals surface area contributed by atoms with E-state index in [4.69, 9.17) is 9.47 Å². The van der Waals surface area contributed by atoms with Crippen LogP contribution >= 0.6 is 0 Å². The summed E-state index contributed by atoms with van der Waals surface area (Å²) in [6.07, 6.45) is 12.2. The number of methoxy groups -OCH3 is 1. The van der Waals surface area contributed by atoms with E-state index in [1.54, 1.807) is 12.1 Å². The van der Waals surface area contributed by atoms with E-state index in [0.29, 0.717) is 23.5 Å². The summed E-state index contributed by atoms with van der Waals surface area (Å²) in [4.78, 5) is 11.9. The first-order chi connectivity index (χ1) is 19.5. The van der Waals surface area contributed by atoms with Gasteiger partial charge in [-0.25, -0.2) is 4.79 Å². The van der Waals surface area contributed by atoms with Crippen molar-refractivity contribution in [3.8, 4) is 16.9 Å². The summed E-state index contributed by atoms with van der Waals surface area (Å²) in [6.45, 7) is 2.99. The predicted octanol–water partition coefficient (Wildman–Crippen LogP) is 8.45. The van der Waals surface area contributed by atoms with Gasteiger partial charge in [-0.15, -0.1) is 0 Å². The molecule has 4 aliphatic rings. The third kappa shape index (κ3) is 5.40. The van der Waals surface area contributed by atoms with Crippen LogP contribution in [-0.4, -0.2) is 30.9 Å². The number of carbonyl (C=O) groups is 1. The number of hydrogen-bond donors (Lipinski definition) is 1. The number of aliphatic hydroxyl groups is 1. The first kappa shape index (κ1) is 27.3. The fraction of sp³-hybridized carbons (Fsp3) is 0.528. The van der Waals surface area contributed by atoms with Crippen molar-refractivity contribution in [1.82, 2.24) is 0 Å². The van der Waals surface area contributed by atoms with Crippen LogP contribution in [0.15, 0.2) is 60.7 Å². The molecule has 212 valence electrons. The molecule has 4 nitrogen and oxygen atoms in total. The minimum Gasteiger partial charge on any atom is -0.492 e. The van der Waals surface area contributed by atoms with Gasteiger partial charge in [0.15, 0.2) is 0 Å². The van der Waals surface area contributed by atoms with Crippen molar-refractivity contribution < 1.29 is 19.4 Å².